The molecule has 174 valence electrons. The van der Waals surface area contributed by atoms with Gasteiger partial charge < -0.3 is 14.8 Å². The third kappa shape index (κ3) is 5.75. The molecule has 0 saturated carbocycles. The molecule has 1 amide bonds. The van der Waals surface area contributed by atoms with E-state index in [1.165, 1.54) is 44.6 Å². The second-order valence-corrected chi connectivity index (χ2v) is 8.41. The zero-order valence-electron chi connectivity index (χ0n) is 17.4. The Bertz CT molecular complexity index is 1260. The monoisotopic (exact) mass is 480 g/mol. The van der Waals surface area contributed by atoms with Crippen molar-refractivity contribution < 1.29 is 35.9 Å². The summed E-state index contributed by atoms with van der Waals surface area (Å²) in [5.74, 6) is -0.197. The van der Waals surface area contributed by atoms with E-state index in [1.54, 1.807) is 12.1 Å². The highest BCUT2D eigenvalue weighted by molar-refractivity contribution is 7.92. The third-order valence-electron chi connectivity index (χ3n) is 4.52. The number of hydrogen-bond donors (Lipinski definition) is 2. The minimum Gasteiger partial charge on any atom is -0.497 e. The molecule has 0 aliphatic rings. The maximum atomic E-state index is 12.9. The van der Waals surface area contributed by atoms with Crippen LogP contribution in [-0.4, -0.2) is 28.5 Å². The lowest BCUT2D eigenvalue weighted by Crippen LogP contribution is -2.16. The number of anilines is 2. The first-order valence-corrected chi connectivity index (χ1v) is 10.9. The number of alkyl halides is 3. The first-order chi connectivity index (χ1) is 15.5. The molecule has 0 heterocycles. The lowest BCUT2D eigenvalue weighted by Gasteiger charge is -2.14. The van der Waals surface area contributed by atoms with Crippen LogP contribution in [0.1, 0.15) is 15.9 Å². The minimum atomic E-state index is -4.62. The average molecular weight is 480 g/mol. The molecule has 0 spiro atoms. The lowest BCUT2D eigenvalue weighted by atomic mass is 10.1. The summed E-state index contributed by atoms with van der Waals surface area (Å²) < 4.78 is 77.0. The number of methoxy groups -OCH3 is 2. The number of rotatable bonds is 7. The predicted molar refractivity (Wildman–Crippen MR) is 116 cm³/mol. The number of hydrogen-bond acceptors (Lipinski definition) is 5. The van der Waals surface area contributed by atoms with Crippen LogP contribution in [0.5, 0.6) is 11.5 Å². The van der Waals surface area contributed by atoms with Gasteiger partial charge in [-0.15, -0.1) is 0 Å². The third-order valence-corrected chi connectivity index (χ3v) is 5.90. The van der Waals surface area contributed by atoms with Gasteiger partial charge in [0.1, 0.15) is 11.5 Å². The molecule has 0 atom stereocenters. The Kier molecular flexibility index (Phi) is 6.82. The number of nitrogens with one attached hydrogen (secondary N) is 2. The number of amides is 1. The number of benzene rings is 3. The van der Waals surface area contributed by atoms with Crippen molar-refractivity contribution in [2.75, 3.05) is 24.3 Å². The van der Waals surface area contributed by atoms with E-state index in [4.69, 9.17) is 9.47 Å². The summed E-state index contributed by atoms with van der Waals surface area (Å²) in [7, 11) is -1.27. The smallest absolute Gasteiger partial charge is 0.416 e. The Balaban J connectivity index is 1.88. The van der Waals surface area contributed by atoms with E-state index in [-0.39, 0.29) is 27.6 Å². The Morgan fingerprint density at radius 3 is 2.21 bits per heavy atom. The SMILES string of the molecule is COc1ccc(NS(=O)(=O)c2ccc(OC)c(NC(=O)c3cccc(C(F)(F)F)c3)c2)cc1. The van der Waals surface area contributed by atoms with Crippen molar-refractivity contribution in [1.82, 2.24) is 0 Å². The van der Waals surface area contributed by atoms with Gasteiger partial charge in [0.25, 0.3) is 15.9 Å². The van der Waals surface area contributed by atoms with Gasteiger partial charge in [-0.1, -0.05) is 6.07 Å². The lowest BCUT2D eigenvalue weighted by molar-refractivity contribution is -0.137. The molecular weight excluding hydrogens is 461 g/mol. The molecule has 3 aromatic rings. The van der Waals surface area contributed by atoms with Crippen molar-refractivity contribution in [2.45, 2.75) is 11.1 Å². The Morgan fingerprint density at radius 2 is 1.61 bits per heavy atom. The van der Waals surface area contributed by atoms with Gasteiger partial charge in [0.2, 0.25) is 0 Å². The number of carbonyl (C=O) groups excluding carboxylic acids is 1. The fourth-order valence-corrected chi connectivity index (χ4v) is 3.94. The molecular formula is C22H19F3N2O5S. The van der Waals surface area contributed by atoms with Gasteiger partial charge in [-0.2, -0.15) is 13.2 Å². The topological polar surface area (TPSA) is 93.7 Å². The van der Waals surface area contributed by atoms with E-state index in [9.17, 15) is 26.4 Å². The molecule has 3 rings (SSSR count). The van der Waals surface area contributed by atoms with E-state index in [1.807, 2.05) is 0 Å². The summed E-state index contributed by atoms with van der Waals surface area (Å²) in [5.41, 5.74) is -0.989. The first kappa shape index (κ1) is 23.9. The van der Waals surface area contributed by atoms with Crippen molar-refractivity contribution in [3.63, 3.8) is 0 Å². The van der Waals surface area contributed by atoms with Gasteiger partial charge in [0, 0.05) is 11.3 Å². The molecule has 33 heavy (non-hydrogen) atoms. The van der Waals surface area contributed by atoms with Gasteiger partial charge >= 0.3 is 6.18 Å². The molecule has 0 unspecified atom stereocenters. The largest absolute Gasteiger partial charge is 0.497 e. The summed E-state index contributed by atoms with van der Waals surface area (Å²) in [6.07, 6.45) is -4.62. The van der Waals surface area contributed by atoms with Crippen LogP contribution in [0, 0.1) is 0 Å². The molecule has 0 bridgehead atoms. The van der Waals surface area contributed by atoms with Gasteiger partial charge in [0.05, 0.1) is 30.4 Å². The molecule has 2 N–H and O–H groups in total. The molecule has 0 aromatic heterocycles. The minimum absolute atomic E-state index is 0.0301. The summed E-state index contributed by atoms with van der Waals surface area (Å²) in [5, 5.41) is 2.41. The number of sulfonamides is 1. The number of halogens is 3. The molecule has 0 radical (unpaired) electrons. The molecule has 0 aliphatic heterocycles. The molecule has 3 aromatic carbocycles. The summed E-state index contributed by atoms with van der Waals surface area (Å²) in [6, 6.07) is 13.8. The highest BCUT2D eigenvalue weighted by atomic mass is 32.2. The quantitative estimate of drug-likeness (QED) is 0.508. The van der Waals surface area contributed by atoms with Crippen LogP contribution < -0.4 is 19.5 Å². The zero-order chi connectivity index (χ0) is 24.2. The van der Waals surface area contributed by atoms with E-state index in [2.05, 4.69) is 10.0 Å². The Hall–Kier alpha value is -3.73. The van der Waals surface area contributed by atoms with Crippen molar-refractivity contribution in [3.05, 3.63) is 77.9 Å². The van der Waals surface area contributed by atoms with Crippen LogP contribution in [0.2, 0.25) is 0 Å². The average Bonchev–Trinajstić information content (AvgIpc) is 2.78. The van der Waals surface area contributed by atoms with Crippen LogP contribution in [0.25, 0.3) is 0 Å². The van der Waals surface area contributed by atoms with Gasteiger partial charge in [0.15, 0.2) is 0 Å². The summed E-state index contributed by atoms with van der Waals surface area (Å²) in [6.45, 7) is 0. The molecule has 7 nitrogen and oxygen atoms in total. The first-order valence-electron chi connectivity index (χ1n) is 9.37. The molecule has 0 saturated heterocycles. The van der Waals surface area contributed by atoms with Crippen molar-refractivity contribution in [2.24, 2.45) is 0 Å². The normalized spacial score (nSPS) is 11.5. The maximum absolute atomic E-state index is 12.9. The van der Waals surface area contributed by atoms with Gasteiger partial charge in [-0.05, 0) is 60.7 Å². The molecule has 11 heteroatoms. The van der Waals surface area contributed by atoms with Crippen molar-refractivity contribution in [1.29, 1.82) is 0 Å². The van der Waals surface area contributed by atoms with Crippen molar-refractivity contribution >= 4 is 27.3 Å². The van der Waals surface area contributed by atoms with Crippen LogP contribution in [0.3, 0.4) is 0 Å². The van der Waals surface area contributed by atoms with Gasteiger partial charge in [-0.25, -0.2) is 8.42 Å². The standard InChI is InChI=1S/C22H19F3N2O5S/c1-31-17-8-6-16(7-9-17)27-33(29,30)18-10-11-20(32-2)19(13-18)26-21(28)14-4-3-5-15(12-14)22(23,24)25/h3-13,27H,1-2H3,(H,26,28). The molecule has 0 fully saturated rings. The van der Waals surface area contributed by atoms with Gasteiger partial charge in [-0.3, -0.25) is 9.52 Å². The van der Waals surface area contributed by atoms with Crippen LogP contribution >= 0.6 is 0 Å². The maximum Gasteiger partial charge on any atom is 0.416 e. The second-order valence-electron chi connectivity index (χ2n) is 6.73. The number of carbonyl (C=O) groups is 1. The zero-order valence-corrected chi connectivity index (χ0v) is 18.3. The fourth-order valence-electron chi connectivity index (χ4n) is 2.86. The van der Waals surface area contributed by atoms with E-state index < -0.39 is 27.7 Å². The van der Waals surface area contributed by atoms with Crippen molar-refractivity contribution in [3.8, 4) is 11.5 Å². The summed E-state index contributed by atoms with van der Waals surface area (Å²) in [4.78, 5) is 12.4. The van der Waals surface area contributed by atoms with Crippen LogP contribution in [0.15, 0.2) is 71.6 Å². The number of ether oxygens (including phenoxy) is 2. The second kappa shape index (κ2) is 9.41. The van der Waals surface area contributed by atoms with E-state index in [0.717, 1.165) is 18.2 Å². The fraction of sp³-hybridized carbons (Fsp3) is 0.136. The van der Waals surface area contributed by atoms with E-state index in [0.29, 0.717) is 11.8 Å². The Labute approximate surface area is 188 Å². The Morgan fingerprint density at radius 1 is 0.909 bits per heavy atom. The molecule has 0 aliphatic carbocycles. The highest BCUT2D eigenvalue weighted by Gasteiger charge is 2.31. The van der Waals surface area contributed by atoms with Crippen LogP contribution in [0.4, 0.5) is 24.5 Å². The van der Waals surface area contributed by atoms with Crippen LogP contribution in [-0.2, 0) is 16.2 Å². The summed E-state index contributed by atoms with van der Waals surface area (Å²) >= 11 is 0. The van der Waals surface area contributed by atoms with E-state index >= 15 is 0 Å². The predicted octanol–water partition coefficient (Wildman–Crippen LogP) is 4.78. The highest BCUT2D eigenvalue weighted by Crippen LogP contribution is 2.31.